The van der Waals surface area contributed by atoms with Crippen molar-refractivity contribution in [3.8, 4) is 39.8 Å². The van der Waals surface area contributed by atoms with Gasteiger partial charge >= 0.3 is 18.1 Å². The molecule has 0 radical (unpaired) electrons. The Bertz CT molecular complexity index is 5660. The summed E-state index contributed by atoms with van der Waals surface area (Å²) < 4.78 is 26.7. The third kappa shape index (κ3) is 21.5. The van der Waals surface area contributed by atoms with Crippen molar-refractivity contribution in [2.45, 2.75) is 106 Å². The summed E-state index contributed by atoms with van der Waals surface area (Å²) in [6.45, 7) is 2.44. The zero-order chi connectivity index (χ0) is 88.6. The molecule has 3 saturated heterocycles. The predicted molar refractivity (Wildman–Crippen MR) is 466 cm³/mol. The Balaban J connectivity index is 0.600. The van der Waals surface area contributed by atoms with E-state index in [0.717, 1.165) is 101 Å². The number of benzene rings is 6. The lowest BCUT2D eigenvalue weighted by Crippen LogP contribution is -2.56. The fourth-order valence-electron chi connectivity index (χ4n) is 16.6. The number of urea groups is 1. The molecule has 6 heterocycles. The van der Waals surface area contributed by atoms with Crippen LogP contribution in [-0.2, 0) is 76.4 Å². The molecule has 34 nitrogen and oxygen atoms in total. The quantitative estimate of drug-likeness (QED) is 0.0135. The SMILES string of the molecule is COc1ccc(C#CCNC2(C)CCN(C3CCN(c4nc([C@@](COCNC(=O)CNC(=O)[C@H](Cc5ccccc5)NC(=O)CNC(=O)CNC(=O)OCC5c6ccccc6-c6ccccc65)(OC5CC5)c5ccccc5)c5cc(-c6cn(C)c(=O)c7[nH]ccc67)ccc5n4)CC3)CC2)cc1N1CCC(=O)N(CNC(=O)CNC(=O)[C@@H](CC(N)=O)CC(=O)O)C1=O. The minimum Gasteiger partial charge on any atom is -0.495 e. The topological polar surface area (TPSA) is 444 Å². The molecule has 14 rings (SSSR count). The average molecular weight is 1720 g/mol. The van der Waals surface area contributed by atoms with Gasteiger partial charge in [-0.3, -0.25) is 52.8 Å². The van der Waals surface area contributed by atoms with Crippen LogP contribution in [0.25, 0.3) is 44.1 Å². The number of pyridine rings is 1. The Morgan fingerprint density at radius 3 is 2.06 bits per heavy atom. The Morgan fingerprint density at radius 1 is 0.690 bits per heavy atom. The van der Waals surface area contributed by atoms with Gasteiger partial charge in [-0.15, -0.1) is 0 Å². The molecule has 9 aromatic rings. The van der Waals surface area contributed by atoms with E-state index in [9.17, 15) is 62.6 Å². The van der Waals surface area contributed by atoms with Crippen molar-refractivity contribution in [2.24, 2.45) is 18.7 Å². The molecule has 3 aliphatic heterocycles. The van der Waals surface area contributed by atoms with Crippen molar-refractivity contribution in [1.29, 1.82) is 0 Å². The number of methoxy groups -OCH3 is 1. The number of rotatable bonds is 36. The lowest BCUT2D eigenvalue weighted by molar-refractivity contribution is -0.142. The van der Waals surface area contributed by atoms with E-state index in [-0.39, 0.29) is 68.5 Å². The van der Waals surface area contributed by atoms with E-state index in [1.165, 1.54) is 12.0 Å². The number of anilines is 2. The van der Waals surface area contributed by atoms with E-state index in [4.69, 9.17) is 34.6 Å². The number of alkyl carbamates (subject to hydrolysis) is 1. The lowest BCUT2D eigenvalue weighted by atomic mass is 9.87. The number of carboxylic acids is 1. The first-order valence-electron chi connectivity index (χ1n) is 42.0. The van der Waals surface area contributed by atoms with Gasteiger partial charge in [0.25, 0.3) is 5.56 Å². The molecule has 0 bridgehead atoms. The van der Waals surface area contributed by atoms with Gasteiger partial charge in [0, 0.05) is 111 Å². The van der Waals surface area contributed by atoms with Gasteiger partial charge in [-0.1, -0.05) is 127 Å². The number of nitrogens with two attached hydrogens (primary N) is 1. The number of piperidine rings is 2. The van der Waals surface area contributed by atoms with Crippen LogP contribution in [0.15, 0.2) is 169 Å². The molecule has 2 aliphatic carbocycles. The van der Waals surface area contributed by atoms with Crippen LogP contribution in [0.5, 0.6) is 5.75 Å². The highest BCUT2D eigenvalue weighted by Crippen LogP contribution is 2.47. The molecule has 3 atom stereocenters. The molecule has 656 valence electrons. The first-order chi connectivity index (χ1) is 60.9. The molecular formula is C92H101N17O17. The zero-order valence-electron chi connectivity index (χ0n) is 70.1. The number of aryl methyl sites for hydroxylation is 1. The highest BCUT2D eigenvalue weighted by atomic mass is 16.6. The van der Waals surface area contributed by atoms with Crippen LogP contribution in [0, 0.1) is 17.8 Å². The van der Waals surface area contributed by atoms with Crippen molar-refractivity contribution < 1.29 is 76.8 Å². The van der Waals surface area contributed by atoms with Gasteiger partial charge < -0.3 is 91.7 Å². The number of nitrogens with one attached hydrogen (secondary N) is 9. The van der Waals surface area contributed by atoms with Crippen LogP contribution < -0.4 is 68.4 Å². The predicted octanol–water partition coefficient (Wildman–Crippen LogP) is 5.28. The number of carbonyl (C=O) groups excluding carboxylic acids is 10. The van der Waals surface area contributed by atoms with Crippen LogP contribution >= 0.6 is 0 Å². The van der Waals surface area contributed by atoms with Gasteiger partial charge in [0.15, 0.2) is 5.60 Å². The minimum absolute atomic E-state index is 0.0124. The monoisotopic (exact) mass is 1720 g/mol. The third-order valence-electron chi connectivity index (χ3n) is 23.5. The van der Waals surface area contributed by atoms with Gasteiger partial charge in [0.2, 0.25) is 53.2 Å². The number of primary amides is 1. The number of aromatic nitrogens is 4. The Hall–Kier alpha value is -13.9. The van der Waals surface area contributed by atoms with Crippen molar-refractivity contribution in [3.63, 3.8) is 0 Å². The molecule has 126 heavy (non-hydrogen) atoms. The Labute approximate surface area is 725 Å². The number of carboxylic acid groups (broad SMARTS) is 1. The van der Waals surface area contributed by atoms with Crippen molar-refractivity contribution >= 4 is 98.8 Å². The van der Waals surface area contributed by atoms with Crippen LogP contribution in [0.1, 0.15) is 104 Å². The van der Waals surface area contributed by atoms with E-state index < -0.39 is 129 Å². The maximum absolute atomic E-state index is 14.1. The molecule has 0 spiro atoms. The van der Waals surface area contributed by atoms with Gasteiger partial charge in [-0.25, -0.2) is 24.5 Å². The normalized spacial score (nSPS) is 16.1. The summed E-state index contributed by atoms with van der Waals surface area (Å²) in [4.78, 5) is 177. The molecule has 4 fully saturated rings. The Morgan fingerprint density at radius 2 is 1.36 bits per heavy atom. The minimum atomic E-state index is -1.42. The fraction of sp³-hybridized carbons (Fsp3) is 0.370. The zero-order valence-corrected chi connectivity index (χ0v) is 70.1. The molecule has 1 saturated carbocycles. The molecule has 0 unspecified atom stereocenters. The number of carbonyl (C=O) groups is 11. The number of ether oxygens (including phenoxy) is 4. The first-order valence-corrected chi connectivity index (χ1v) is 42.0. The summed E-state index contributed by atoms with van der Waals surface area (Å²) in [5, 5.41) is 32.0. The van der Waals surface area contributed by atoms with Gasteiger partial charge in [0.1, 0.15) is 43.9 Å². The van der Waals surface area contributed by atoms with Gasteiger partial charge in [0.05, 0.1) is 75.2 Å². The second-order valence-corrected chi connectivity index (χ2v) is 32.2. The van der Waals surface area contributed by atoms with Gasteiger partial charge in [-0.05, 0) is 121 Å². The maximum atomic E-state index is 14.1. The molecule has 34 heteroatoms. The molecular weight excluding hydrogens is 1620 g/mol. The number of aromatic amines is 1. The second kappa shape index (κ2) is 40.2. The fourth-order valence-corrected chi connectivity index (χ4v) is 16.6. The molecule has 11 amide bonds. The second-order valence-electron chi connectivity index (χ2n) is 32.2. The summed E-state index contributed by atoms with van der Waals surface area (Å²) in [7, 11) is 3.16. The maximum Gasteiger partial charge on any atom is 0.407 e. The number of nitrogens with zero attached hydrogens (tertiary/aromatic N) is 7. The average Bonchev–Trinajstić information content (AvgIpc) is 1.46. The number of likely N-dealkylation sites (tertiary alicyclic amines) is 1. The van der Waals surface area contributed by atoms with E-state index >= 15 is 0 Å². The number of amides is 11. The first kappa shape index (κ1) is 88.4. The summed E-state index contributed by atoms with van der Waals surface area (Å²) in [5.41, 5.74) is 13.1. The van der Waals surface area contributed by atoms with Crippen LogP contribution in [0.3, 0.4) is 0 Å². The molecule has 6 aromatic carbocycles. The number of fused-ring (bicyclic) bond motifs is 5. The highest BCUT2D eigenvalue weighted by Gasteiger charge is 2.46. The smallest absolute Gasteiger partial charge is 0.407 e. The van der Waals surface area contributed by atoms with Crippen molar-refractivity contribution in [1.82, 2.24) is 71.9 Å². The summed E-state index contributed by atoms with van der Waals surface area (Å²) in [6.07, 6.45) is 6.18. The summed E-state index contributed by atoms with van der Waals surface area (Å²) in [6, 6.07) is 45.9. The number of imide groups is 1. The van der Waals surface area contributed by atoms with Crippen molar-refractivity contribution in [2.75, 3.05) is 109 Å². The number of hydrogen-bond donors (Lipinski definition) is 11. The summed E-state index contributed by atoms with van der Waals surface area (Å²) in [5.74, 6) is -1.30. The van der Waals surface area contributed by atoms with Crippen LogP contribution in [-0.4, -0.2) is 223 Å². The molecule has 5 aliphatic rings. The van der Waals surface area contributed by atoms with Crippen LogP contribution in [0.4, 0.5) is 21.2 Å². The van der Waals surface area contributed by atoms with Crippen LogP contribution in [0.2, 0.25) is 0 Å². The van der Waals surface area contributed by atoms with E-state index in [2.05, 4.69) is 76.1 Å². The largest absolute Gasteiger partial charge is 0.495 e. The van der Waals surface area contributed by atoms with E-state index in [0.29, 0.717) is 70.3 Å². The Kier molecular flexibility index (Phi) is 28.2. The highest BCUT2D eigenvalue weighted by molar-refractivity contribution is 6.07. The van der Waals surface area contributed by atoms with E-state index in [1.807, 2.05) is 115 Å². The molecule has 12 N–H and O–H groups in total. The third-order valence-corrected chi connectivity index (χ3v) is 23.5. The number of aliphatic carboxylic acids is 1. The number of H-pyrrole nitrogens is 1. The molecule has 3 aromatic heterocycles. The summed E-state index contributed by atoms with van der Waals surface area (Å²) >= 11 is 0. The van der Waals surface area contributed by atoms with Crippen molar-refractivity contribution in [3.05, 3.63) is 208 Å². The van der Waals surface area contributed by atoms with E-state index in [1.54, 1.807) is 60.3 Å². The lowest BCUT2D eigenvalue weighted by Gasteiger charge is -2.45. The van der Waals surface area contributed by atoms with Gasteiger partial charge in [-0.2, -0.15) is 0 Å². The standard InChI is InChI=1S/C92H101N17O17/c1-91(101-36-14-17-58-24-29-75(123-3)74(44-58)108-40-33-81(115)109(90(108)122)55-99-78(112)48-96-85(118)60(46-76(93)110)47-82(116)117)34-41-106(42-35-91)62-31-38-107(39-32-62)88-103-72-28-25-59(70-52-105(2)87(120)83-68(70)30-37-94-83)45-69(72)84(104-88)92(126-63-26-27-63,61-18-8-5-9-19-61)54-124-56-100-79(113)49-97-86(119)73(43-57-15-6-4-7-16-57)102-80(114)51-95-77(111)50-98-89(121)125-53-71-66-22-12-10-20-64(66)65-21-11-13-23-67(65)71/h4-13,15-16,18-25,28-30,37,44-45,52,60,62-63,71,73,94,101H,26-27,31-36,38-43,46-51,53-56H2,1-3H3,(H2,93,110)(H,95,111)(H,96,118)(H,97,119)(H,98,121)(H,99,112)(H,100,113)(H,102,114)(H,116,117)/t60-,73-,92-/m0/s1. The number of hydrogen-bond acceptors (Lipinski definition) is 21.